The van der Waals surface area contributed by atoms with Gasteiger partial charge in [-0.2, -0.15) is 5.10 Å². The van der Waals surface area contributed by atoms with E-state index in [0.29, 0.717) is 4.47 Å². The molecule has 0 fully saturated rings. The van der Waals surface area contributed by atoms with Gasteiger partial charge >= 0.3 is 5.97 Å². The second kappa shape index (κ2) is 4.77. The molecular weight excluding hydrogens is 305 g/mol. The number of hydrogen-bond donors (Lipinski definition) is 1. The summed E-state index contributed by atoms with van der Waals surface area (Å²) in [6.45, 7) is 0. The normalized spacial score (nSPS) is 10.4. The molecule has 0 atom stereocenters. The lowest BCUT2D eigenvalue weighted by Gasteiger charge is -2.08. The Balaban J connectivity index is 2.58. The van der Waals surface area contributed by atoms with Gasteiger partial charge in [-0.05, 0) is 28.1 Å². The van der Waals surface area contributed by atoms with Crippen LogP contribution in [0.3, 0.4) is 0 Å². The molecule has 5 nitrogen and oxygen atoms in total. The van der Waals surface area contributed by atoms with Gasteiger partial charge in [-0.1, -0.05) is 0 Å². The zero-order valence-electron chi connectivity index (χ0n) is 9.35. The minimum absolute atomic E-state index is 0.0225. The highest BCUT2D eigenvalue weighted by molar-refractivity contribution is 9.10. The number of ether oxygens (including phenoxy) is 1. The summed E-state index contributed by atoms with van der Waals surface area (Å²) in [7, 11) is 1.23. The van der Waals surface area contributed by atoms with Crippen LogP contribution in [-0.4, -0.2) is 22.9 Å². The van der Waals surface area contributed by atoms with Crippen LogP contribution < -0.4 is 5.73 Å². The van der Waals surface area contributed by atoms with E-state index in [4.69, 9.17) is 5.73 Å². The number of carbonyl (C=O) groups excluding carboxylic acids is 1. The fourth-order valence-electron chi connectivity index (χ4n) is 1.47. The Morgan fingerprint density at radius 2 is 2.28 bits per heavy atom. The molecule has 0 bridgehead atoms. The van der Waals surface area contributed by atoms with Crippen LogP contribution in [0.25, 0.3) is 5.69 Å². The monoisotopic (exact) mass is 313 g/mol. The molecule has 7 heteroatoms. The van der Waals surface area contributed by atoms with Crippen LogP contribution in [-0.2, 0) is 4.74 Å². The maximum Gasteiger partial charge on any atom is 0.340 e. The molecule has 2 N–H and O–H groups in total. The minimum atomic E-state index is -0.625. The molecule has 0 aliphatic heterocycles. The highest BCUT2D eigenvalue weighted by Crippen LogP contribution is 2.22. The molecule has 0 radical (unpaired) electrons. The predicted octanol–water partition coefficient (Wildman–Crippen LogP) is 2.14. The predicted molar refractivity (Wildman–Crippen MR) is 67.0 cm³/mol. The zero-order chi connectivity index (χ0) is 13.3. The summed E-state index contributed by atoms with van der Waals surface area (Å²) in [6.07, 6.45) is 3.07. The molecule has 0 aliphatic rings. The fourth-order valence-corrected chi connectivity index (χ4v) is 1.76. The lowest BCUT2D eigenvalue weighted by molar-refractivity contribution is 0.0602. The summed E-state index contributed by atoms with van der Waals surface area (Å²) >= 11 is 3.21. The quantitative estimate of drug-likeness (QED) is 0.681. The summed E-state index contributed by atoms with van der Waals surface area (Å²) in [5.74, 6) is -1.20. The number of nitrogens with two attached hydrogens (primary N) is 1. The number of methoxy groups -OCH3 is 1. The number of rotatable bonds is 2. The highest BCUT2D eigenvalue weighted by Gasteiger charge is 2.16. The van der Waals surface area contributed by atoms with Crippen molar-refractivity contribution in [2.45, 2.75) is 0 Å². The maximum atomic E-state index is 13.8. The van der Waals surface area contributed by atoms with Gasteiger partial charge in [0.2, 0.25) is 0 Å². The second-order valence-electron chi connectivity index (χ2n) is 3.49. The van der Waals surface area contributed by atoms with Crippen molar-refractivity contribution in [2.24, 2.45) is 0 Å². The Labute approximate surface area is 110 Å². The zero-order valence-corrected chi connectivity index (χ0v) is 10.9. The topological polar surface area (TPSA) is 70.1 Å². The Bertz CT molecular complexity index is 612. The summed E-state index contributed by atoms with van der Waals surface area (Å²) in [5.41, 5.74) is 5.81. The summed E-state index contributed by atoms with van der Waals surface area (Å²) in [6, 6.07) is 2.37. The number of nitrogen functional groups attached to an aromatic ring is 1. The fraction of sp³-hybridized carbons (Fsp3) is 0.0909. The van der Waals surface area contributed by atoms with Gasteiger partial charge in [0.25, 0.3) is 0 Å². The van der Waals surface area contributed by atoms with Gasteiger partial charge in [0.15, 0.2) is 5.82 Å². The summed E-state index contributed by atoms with van der Waals surface area (Å²) in [5, 5.41) is 3.94. The number of aromatic nitrogens is 2. The van der Waals surface area contributed by atoms with Crippen LogP contribution in [0, 0.1) is 5.82 Å². The molecule has 0 amide bonds. The summed E-state index contributed by atoms with van der Waals surface area (Å²) < 4.78 is 20.3. The summed E-state index contributed by atoms with van der Waals surface area (Å²) in [4.78, 5) is 11.5. The van der Waals surface area contributed by atoms with Gasteiger partial charge in [-0.3, -0.25) is 0 Å². The van der Waals surface area contributed by atoms with Crippen molar-refractivity contribution in [3.8, 4) is 5.69 Å². The molecule has 94 valence electrons. The van der Waals surface area contributed by atoms with E-state index in [1.165, 1.54) is 24.1 Å². The van der Waals surface area contributed by atoms with Gasteiger partial charge < -0.3 is 10.5 Å². The first-order valence-corrected chi connectivity index (χ1v) is 5.70. The molecule has 0 saturated carbocycles. The molecule has 0 unspecified atom stereocenters. The van der Waals surface area contributed by atoms with E-state index in [9.17, 15) is 9.18 Å². The van der Waals surface area contributed by atoms with Gasteiger partial charge in [-0.25, -0.2) is 13.9 Å². The number of carbonyl (C=O) groups is 1. The number of benzene rings is 1. The third-order valence-corrected chi connectivity index (χ3v) is 2.73. The Morgan fingerprint density at radius 1 is 1.56 bits per heavy atom. The van der Waals surface area contributed by atoms with Crippen molar-refractivity contribution >= 4 is 27.6 Å². The van der Waals surface area contributed by atoms with Crippen LogP contribution in [0.1, 0.15) is 10.4 Å². The largest absolute Gasteiger partial charge is 0.465 e. The van der Waals surface area contributed by atoms with Crippen LogP contribution in [0.5, 0.6) is 0 Å². The molecule has 0 saturated heterocycles. The number of hydrogen-bond acceptors (Lipinski definition) is 4. The van der Waals surface area contributed by atoms with Gasteiger partial charge in [0.05, 0.1) is 23.3 Å². The van der Waals surface area contributed by atoms with Crippen molar-refractivity contribution < 1.29 is 13.9 Å². The number of halogens is 2. The smallest absolute Gasteiger partial charge is 0.340 e. The van der Waals surface area contributed by atoms with E-state index in [0.717, 1.165) is 6.07 Å². The van der Waals surface area contributed by atoms with E-state index in [-0.39, 0.29) is 16.9 Å². The number of esters is 1. The van der Waals surface area contributed by atoms with Gasteiger partial charge in [-0.15, -0.1) is 0 Å². The highest BCUT2D eigenvalue weighted by atomic mass is 79.9. The number of nitrogens with zero attached hydrogens (tertiary/aromatic N) is 2. The first-order valence-electron chi connectivity index (χ1n) is 4.91. The molecule has 0 spiro atoms. The van der Waals surface area contributed by atoms with Crippen LogP contribution in [0.2, 0.25) is 0 Å². The first kappa shape index (κ1) is 12.6. The molecule has 2 rings (SSSR count). The van der Waals surface area contributed by atoms with Crippen molar-refractivity contribution in [2.75, 3.05) is 12.8 Å². The first-order chi connectivity index (χ1) is 8.52. The van der Waals surface area contributed by atoms with E-state index in [1.54, 1.807) is 6.20 Å². The van der Waals surface area contributed by atoms with Crippen molar-refractivity contribution in [3.63, 3.8) is 0 Å². The Kier molecular flexibility index (Phi) is 3.33. The molecule has 0 aliphatic carbocycles. The van der Waals surface area contributed by atoms with Crippen LogP contribution in [0.4, 0.5) is 10.1 Å². The second-order valence-corrected chi connectivity index (χ2v) is 4.40. The van der Waals surface area contributed by atoms with Crippen LogP contribution >= 0.6 is 15.9 Å². The molecule has 2 aromatic rings. The SMILES string of the molecule is COC(=O)c1cc(-n2cc(Br)cn2)c(F)cc1N. The molecule has 1 aromatic heterocycles. The maximum absolute atomic E-state index is 13.8. The van der Waals surface area contributed by atoms with Crippen molar-refractivity contribution in [1.82, 2.24) is 9.78 Å². The minimum Gasteiger partial charge on any atom is -0.465 e. The molecule has 1 heterocycles. The third kappa shape index (κ3) is 2.21. The van der Waals surface area contributed by atoms with Gasteiger partial charge in [0, 0.05) is 11.9 Å². The molecule has 1 aromatic carbocycles. The molecular formula is C11H9BrFN3O2. The average Bonchev–Trinajstić information content (AvgIpc) is 2.75. The van der Waals surface area contributed by atoms with E-state index < -0.39 is 11.8 Å². The van der Waals surface area contributed by atoms with Gasteiger partial charge in [0.1, 0.15) is 5.69 Å². The van der Waals surface area contributed by atoms with Crippen molar-refractivity contribution in [3.05, 3.63) is 40.4 Å². The average molecular weight is 314 g/mol. The third-order valence-electron chi connectivity index (χ3n) is 2.32. The standard InChI is InChI=1S/C11H9BrFN3O2/c1-18-11(17)7-2-10(8(13)3-9(7)14)16-5-6(12)4-15-16/h2-5H,14H2,1H3. The van der Waals surface area contributed by atoms with E-state index in [2.05, 4.69) is 25.8 Å². The number of anilines is 1. The van der Waals surface area contributed by atoms with Crippen molar-refractivity contribution in [1.29, 1.82) is 0 Å². The molecule has 18 heavy (non-hydrogen) atoms. The Hall–Kier alpha value is -1.89. The van der Waals surface area contributed by atoms with E-state index in [1.807, 2.05) is 0 Å². The van der Waals surface area contributed by atoms with Crippen LogP contribution in [0.15, 0.2) is 29.0 Å². The lowest BCUT2D eigenvalue weighted by atomic mass is 10.1. The van der Waals surface area contributed by atoms with E-state index >= 15 is 0 Å². The lowest BCUT2D eigenvalue weighted by Crippen LogP contribution is -2.09. The Morgan fingerprint density at radius 3 is 2.83 bits per heavy atom.